The van der Waals surface area contributed by atoms with Crippen molar-refractivity contribution >= 4 is 5.97 Å². The summed E-state index contributed by atoms with van der Waals surface area (Å²) in [7, 11) is 0. The molecule has 0 unspecified atom stereocenters. The molecular formula is C25H34N2O3. The minimum Gasteiger partial charge on any atom is -0.490 e. The van der Waals surface area contributed by atoms with Gasteiger partial charge in [-0.1, -0.05) is 58.3 Å². The lowest BCUT2D eigenvalue weighted by molar-refractivity contribution is -0.139. The molecule has 0 radical (unpaired) electrons. The van der Waals surface area contributed by atoms with Gasteiger partial charge in [-0.25, -0.2) is 9.97 Å². The van der Waals surface area contributed by atoms with Crippen LogP contribution < -0.4 is 9.47 Å². The van der Waals surface area contributed by atoms with E-state index in [4.69, 9.17) is 9.47 Å². The molecule has 5 heteroatoms. The molecule has 0 spiro atoms. The zero-order chi connectivity index (χ0) is 21.0. The Hall–Kier alpha value is -2.43. The first-order chi connectivity index (χ1) is 14.8. The van der Waals surface area contributed by atoms with Crippen LogP contribution in [0.15, 0.2) is 36.7 Å². The van der Waals surface area contributed by atoms with Gasteiger partial charge in [0.25, 0.3) is 0 Å². The Labute approximate surface area is 180 Å². The standard InChI is InChI=1S/C25H34N2O3/c1-2-3-4-5-6-10-17-29-23-18-26-24(27-19-23)20-13-15-22(16-14-20)30-25(28)21-11-8-7-9-12-21/h13-16,18-19,21H,2-12,17H2,1H3. The first kappa shape index (κ1) is 22.3. The third kappa shape index (κ3) is 7.12. The van der Waals surface area contributed by atoms with Crippen molar-refractivity contribution in [3.05, 3.63) is 36.7 Å². The van der Waals surface area contributed by atoms with Crippen LogP contribution in [0.25, 0.3) is 11.4 Å². The summed E-state index contributed by atoms with van der Waals surface area (Å²) >= 11 is 0. The molecule has 0 N–H and O–H groups in total. The number of carbonyl (C=O) groups excluding carboxylic acids is 1. The second-order valence-corrected chi connectivity index (χ2v) is 8.14. The summed E-state index contributed by atoms with van der Waals surface area (Å²) in [6, 6.07) is 7.38. The molecule has 0 saturated heterocycles. The Morgan fingerprint density at radius 3 is 2.27 bits per heavy atom. The SMILES string of the molecule is CCCCCCCCOc1cnc(-c2ccc(OC(=O)C3CCCCC3)cc2)nc1. The van der Waals surface area contributed by atoms with Crippen LogP contribution in [0.3, 0.4) is 0 Å². The predicted molar refractivity (Wildman–Crippen MR) is 119 cm³/mol. The minimum atomic E-state index is -0.106. The summed E-state index contributed by atoms with van der Waals surface area (Å²) in [4.78, 5) is 21.1. The monoisotopic (exact) mass is 410 g/mol. The Balaban J connectivity index is 1.43. The van der Waals surface area contributed by atoms with Gasteiger partial charge in [-0.3, -0.25) is 4.79 Å². The summed E-state index contributed by atoms with van der Waals surface area (Å²) in [5, 5.41) is 0. The second kappa shape index (κ2) is 12.3. The van der Waals surface area contributed by atoms with Crippen molar-refractivity contribution in [3.63, 3.8) is 0 Å². The molecule has 30 heavy (non-hydrogen) atoms. The van der Waals surface area contributed by atoms with E-state index in [0.29, 0.717) is 23.9 Å². The van der Waals surface area contributed by atoms with Crippen molar-refractivity contribution in [3.8, 4) is 22.9 Å². The van der Waals surface area contributed by atoms with Crippen LogP contribution in [0.2, 0.25) is 0 Å². The lowest BCUT2D eigenvalue weighted by atomic mass is 9.89. The minimum absolute atomic E-state index is 0.0469. The van der Waals surface area contributed by atoms with Crippen molar-refractivity contribution in [2.24, 2.45) is 5.92 Å². The molecule has 2 aromatic rings. The number of esters is 1. The highest BCUT2D eigenvalue weighted by Gasteiger charge is 2.22. The lowest BCUT2D eigenvalue weighted by Crippen LogP contribution is -2.22. The van der Waals surface area contributed by atoms with Crippen molar-refractivity contribution in [2.45, 2.75) is 77.6 Å². The number of hydrogen-bond donors (Lipinski definition) is 0. The number of rotatable bonds is 11. The molecule has 162 valence electrons. The highest BCUT2D eigenvalue weighted by atomic mass is 16.5. The van der Waals surface area contributed by atoms with Gasteiger partial charge >= 0.3 is 5.97 Å². The molecular weight excluding hydrogens is 376 g/mol. The van der Waals surface area contributed by atoms with E-state index in [2.05, 4.69) is 16.9 Å². The highest BCUT2D eigenvalue weighted by molar-refractivity contribution is 5.75. The van der Waals surface area contributed by atoms with Gasteiger partial charge in [0.05, 0.1) is 24.9 Å². The van der Waals surface area contributed by atoms with Gasteiger partial charge in [-0.2, -0.15) is 0 Å². The van der Waals surface area contributed by atoms with E-state index < -0.39 is 0 Å². The van der Waals surface area contributed by atoms with Gasteiger partial charge in [-0.05, 0) is 43.5 Å². The molecule has 1 saturated carbocycles. The number of aromatic nitrogens is 2. The van der Waals surface area contributed by atoms with Crippen LogP contribution in [-0.2, 0) is 4.79 Å². The molecule has 1 aliphatic rings. The summed E-state index contributed by atoms with van der Waals surface area (Å²) < 4.78 is 11.3. The summed E-state index contributed by atoms with van der Waals surface area (Å²) in [6.45, 7) is 2.93. The fourth-order valence-corrected chi connectivity index (χ4v) is 3.82. The number of unbranched alkanes of at least 4 members (excludes halogenated alkanes) is 5. The first-order valence-electron chi connectivity index (χ1n) is 11.5. The van der Waals surface area contributed by atoms with Crippen molar-refractivity contribution in [1.29, 1.82) is 0 Å². The quantitative estimate of drug-likeness (QED) is 0.245. The van der Waals surface area contributed by atoms with Gasteiger partial charge in [0, 0.05) is 5.56 Å². The third-order valence-electron chi connectivity index (χ3n) is 5.66. The maximum Gasteiger partial charge on any atom is 0.314 e. The molecule has 1 aromatic carbocycles. The Kier molecular flexibility index (Phi) is 9.13. The van der Waals surface area contributed by atoms with E-state index >= 15 is 0 Å². The molecule has 0 amide bonds. The average Bonchev–Trinajstić information content (AvgIpc) is 2.80. The van der Waals surface area contributed by atoms with E-state index in [-0.39, 0.29) is 11.9 Å². The van der Waals surface area contributed by atoms with Crippen LogP contribution in [0.4, 0.5) is 0 Å². The second-order valence-electron chi connectivity index (χ2n) is 8.14. The lowest BCUT2D eigenvalue weighted by Gasteiger charge is -2.19. The topological polar surface area (TPSA) is 61.3 Å². The Morgan fingerprint density at radius 1 is 0.900 bits per heavy atom. The molecule has 0 bridgehead atoms. The Bertz CT molecular complexity index is 753. The van der Waals surface area contributed by atoms with E-state index in [1.165, 1.54) is 38.5 Å². The maximum atomic E-state index is 12.3. The fourth-order valence-electron chi connectivity index (χ4n) is 3.82. The Morgan fingerprint density at radius 2 is 1.57 bits per heavy atom. The molecule has 1 fully saturated rings. The summed E-state index contributed by atoms with van der Waals surface area (Å²) in [5.74, 6) is 1.85. The van der Waals surface area contributed by atoms with Crippen LogP contribution in [0.1, 0.15) is 77.6 Å². The normalized spacial score (nSPS) is 14.4. The predicted octanol–water partition coefficient (Wildman–Crippen LogP) is 6.37. The van der Waals surface area contributed by atoms with Gasteiger partial charge in [-0.15, -0.1) is 0 Å². The molecule has 1 aromatic heterocycles. The van der Waals surface area contributed by atoms with Crippen molar-refractivity contribution < 1.29 is 14.3 Å². The number of nitrogens with zero attached hydrogens (tertiary/aromatic N) is 2. The van der Waals surface area contributed by atoms with Crippen LogP contribution in [0, 0.1) is 5.92 Å². The first-order valence-corrected chi connectivity index (χ1v) is 11.5. The van der Waals surface area contributed by atoms with E-state index in [1.54, 1.807) is 12.4 Å². The molecule has 0 atom stereocenters. The van der Waals surface area contributed by atoms with Gasteiger partial charge in [0.2, 0.25) is 0 Å². The van der Waals surface area contributed by atoms with Crippen LogP contribution >= 0.6 is 0 Å². The van der Waals surface area contributed by atoms with E-state index in [0.717, 1.165) is 37.7 Å². The van der Waals surface area contributed by atoms with E-state index in [9.17, 15) is 4.79 Å². The van der Waals surface area contributed by atoms with Crippen LogP contribution in [-0.4, -0.2) is 22.5 Å². The molecule has 1 heterocycles. The zero-order valence-corrected chi connectivity index (χ0v) is 18.1. The third-order valence-corrected chi connectivity index (χ3v) is 5.66. The van der Waals surface area contributed by atoms with Crippen LogP contribution in [0.5, 0.6) is 11.5 Å². The highest BCUT2D eigenvalue weighted by Crippen LogP contribution is 2.26. The average molecular weight is 411 g/mol. The maximum absolute atomic E-state index is 12.3. The largest absolute Gasteiger partial charge is 0.490 e. The van der Waals surface area contributed by atoms with Gasteiger partial charge < -0.3 is 9.47 Å². The molecule has 5 nitrogen and oxygen atoms in total. The van der Waals surface area contributed by atoms with E-state index in [1.807, 2.05) is 24.3 Å². The number of benzene rings is 1. The fraction of sp³-hybridized carbons (Fsp3) is 0.560. The number of ether oxygens (including phenoxy) is 2. The van der Waals surface area contributed by atoms with Gasteiger partial charge in [0.1, 0.15) is 5.75 Å². The van der Waals surface area contributed by atoms with Crippen molar-refractivity contribution in [1.82, 2.24) is 9.97 Å². The summed E-state index contributed by atoms with van der Waals surface area (Å²) in [5.41, 5.74) is 0.884. The molecule has 1 aliphatic carbocycles. The molecule has 3 rings (SSSR count). The number of hydrogen-bond acceptors (Lipinski definition) is 5. The molecule has 0 aliphatic heterocycles. The summed E-state index contributed by atoms with van der Waals surface area (Å²) in [6.07, 6.45) is 16.2. The van der Waals surface area contributed by atoms with Gasteiger partial charge in [0.15, 0.2) is 11.6 Å². The van der Waals surface area contributed by atoms with Crippen molar-refractivity contribution in [2.75, 3.05) is 6.61 Å². The zero-order valence-electron chi connectivity index (χ0n) is 18.1. The number of carbonyl (C=O) groups is 1. The smallest absolute Gasteiger partial charge is 0.314 e.